The first-order chi connectivity index (χ1) is 3.00. The van der Waals surface area contributed by atoms with Crippen LogP contribution in [0, 0.1) is 35.5 Å². The van der Waals surface area contributed by atoms with Gasteiger partial charge in [-0.05, 0) is 0 Å². The molecule has 0 aromatic heterocycles. The molecule has 7 heavy (non-hydrogen) atoms. The molecule has 0 saturated carbocycles. The van der Waals surface area contributed by atoms with Gasteiger partial charge in [-0.2, -0.15) is 0 Å². The molecule has 3 nitrogen and oxygen atoms in total. The summed E-state index contributed by atoms with van der Waals surface area (Å²) >= 11 is 0. The standard InChI is InChI=1S/3CN.Os/c3*1-2;/q3*-1;+3. The molecular formula is C3N3Os. The van der Waals surface area contributed by atoms with Gasteiger partial charge in [0.2, 0.25) is 0 Å². The summed E-state index contributed by atoms with van der Waals surface area (Å²) < 4.78 is 0. The number of rotatable bonds is 0. The van der Waals surface area contributed by atoms with E-state index < -0.39 is 0 Å². The molecule has 0 heterocycles. The van der Waals surface area contributed by atoms with Gasteiger partial charge in [-0.15, -0.1) is 0 Å². The van der Waals surface area contributed by atoms with Gasteiger partial charge in [-0.3, -0.25) is 0 Å². The summed E-state index contributed by atoms with van der Waals surface area (Å²) in [6, 6.07) is 0. The minimum atomic E-state index is 0. The van der Waals surface area contributed by atoms with Crippen LogP contribution < -0.4 is 0 Å². The van der Waals surface area contributed by atoms with E-state index in [4.69, 9.17) is 35.5 Å². The summed E-state index contributed by atoms with van der Waals surface area (Å²) in [5.41, 5.74) is 0. The third kappa shape index (κ3) is 61.7. The Hall–Kier alpha value is -0.894. The average molecular weight is 268 g/mol. The first-order valence-electron chi connectivity index (χ1n) is 0.671. The van der Waals surface area contributed by atoms with Crippen LogP contribution in [0.15, 0.2) is 0 Å². The van der Waals surface area contributed by atoms with E-state index in [-0.39, 0.29) is 19.8 Å². The molecule has 4 heteroatoms. The summed E-state index contributed by atoms with van der Waals surface area (Å²) in [6.07, 6.45) is 0. The summed E-state index contributed by atoms with van der Waals surface area (Å²) in [5, 5.41) is 18.8. The summed E-state index contributed by atoms with van der Waals surface area (Å²) in [6.45, 7) is 14.2. The molecule has 0 aromatic carbocycles. The average Bonchev–Trinajstić information content (AvgIpc) is 1.81. The fourth-order valence-corrected chi connectivity index (χ4v) is 0. The monoisotopic (exact) mass is 270 g/mol. The Kier molecular flexibility index (Phi) is 553. The Labute approximate surface area is 55.8 Å². The first-order valence-corrected chi connectivity index (χ1v) is 0.671. The van der Waals surface area contributed by atoms with E-state index in [1.165, 1.54) is 0 Å². The second-order valence-corrected chi connectivity index (χ2v) is 0. The predicted molar refractivity (Wildman–Crippen MR) is 14.9 cm³/mol. The van der Waals surface area contributed by atoms with E-state index in [0.29, 0.717) is 0 Å². The normalized spacial score (nSPS) is 0.857. The Morgan fingerprint density at radius 1 is 0.571 bits per heavy atom. The van der Waals surface area contributed by atoms with Gasteiger partial charge in [-0.25, -0.2) is 0 Å². The van der Waals surface area contributed by atoms with Crippen LogP contribution in [-0.4, -0.2) is 0 Å². The maximum Gasteiger partial charge on any atom is 3.00 e. The van der Waals surface area contributed by atoms with Gasteiger partial charge in [0, 0.05) is 0 Å². The largest absolute Gasteiger partial charge is 3.00 e. The predicted octanol–water partition coefficient (Wildman–Crippen LogP) is 0.287. The molecule has 0 fully saturated rings. The van der Waals surface area contributed by atoms with E-state index >= 15 is 0 Å². The van der Waals surface area contributed by atoms with Gasteiger partial charge in [0.15, 0.2) is 0 Å². The molecule has 0 bridgehead atoms. The van der Waals surface area contributed by atoms with Crippen LogP contribution >= 0.6 is 0 Å². The minimum Gasteiger partial charge on any atom is -0.512 e. The molecule has 0 amide bonds. The SMILES string of the molecule is [C-]#N.[C-]#N.[C-]#N.[Os+3]. The molecular weight excluding hydrogens is 268 g/mol. The van der Waals surface area contributed by atoms with Crippen molar-refractivity contribution in [2.24, 2.45) is 0 Å². The second-order valence-electron chi connectivity index (χ2n) is 0. The van der Waals surface area contributed by atoms with E-state index in [0.717, 1.165) is 0 Å². The van der Waals surface area contributed by atoms with Crippen molar-refractivity contribution in [1.82, 2.24) is 0 Å². The molecule has 35 valence electrons. The van der Waals surface area contributed by atoms with Gasteiger partial charge >= 0.3 is 19.8 Å². The molecule has 0 aliphatic carbocycles. The fraction of sp³-hybridized carbons (Fsp3) is 0. The first kappa shape index (κ1) is 35.9. The van der Waals surface area contributed by atoms with Crippen molar-refractivity contribution >= 4 is 0 Å². The molecule has 0 atom stereocenters. The third-order valence-corrected chi connectivity index (χ3v) is 0. The van der Waals surface area contributed by atoms with Crippen molar-refractivity contribution in [3.63, 3.8) is 0 Å². The summed E-state index contributed by atoms with van der Waals surface area (Å²) in [5.74, 6) is 0. The van der Waals surface area contributed by atoms with Gasteiger partial charge < -0.3 is 35.5 Å². The molecule has 0 rings (SSSR count). The third-order valence-electron chi connectivity index (χ3n) is 0. The molecule has 0 aliphatic rings. The Bertz CT molecular complexity index is 38.7. The van der Waals surface area contributed by atoms with Crippen LogP contribution in [0.5, 0.6) is 0 Å². The fourth-order valence-electron chi connectivity index (χ4n) is 0. The zero-order valence-electron chi connectivity index (χ0n) is 3.20. The van der Waals surface area contributed by atoms with Crippen LogP contribution in [-0.2, 0) is 19.8 Å². The van der Waals surface area contributed by atoms with Gasteiger partial charge in [0.05, 0.1) is 0 Å². The topological polar surface area (TPSA) is 71.4 Å². The zero-order valence-corrected chi connectivity index (χ0v) is 5.74. The quantitative estimate of drug-likeness (QED) is 0.593. The molecule has 0 unspecified atom stereocenters. The summed E-state index contributed by atoms with van der Waals surface area (Å²) in [4.78, 5) is 0. The van der Waals surface area contributed by atoms with Crippen LogP contribution in [0.25, 0.3) is 0 Å². The van der Waals surface area contributed by atoms with Gasteiger partial charge in [0.1, 0.15) is 0 Å². The minimum absolute atomic E-state index is 0. The van der Waals surface area contributed by atoms with Crippen molar-refractivity contribution in [2.45, 2.75) is 0 Å². The van der Waals surface area contributed by atoms with Crippen LogP contribution in [0.3, 0.4) is 0 Å². The van der Waals surface area contributed by atoms with Crippen molar-refractivity contribution < 1.29 is 19.8 Å². The Morgan fingerprint density at radius 2 is 0.571 bits per heavy atom. The van der Waals surface area contributed by atoms with Crippen molar-refractivity contribution in [3.05, 3.63) is 19.7 Å². The van der Waals surface area contributed by atoms with E-state index in [1.54, 1.807) is 0 Å². The van der Waals surface area contributed by atoms with E-state index in [1.807, 2.05) is 0 Å². The molecule has 0 aromatic rings. The Morgan fingerprint density at radius 3 is 0.571 bits per heavy atom. The van der Waals surface area contributed by atoms with Crippen molar-refractivity contribution in [3.8, 4) is 0 Å². The van der Waals surface area contributed by atoms with Crippen molar-refractivity contribution in [1.29, 1.82) is 15.8 Å². The maximum atomic E-state index is 6.25. The summed E-state index contributed by atoms with van der Waals surface area (Å²) in [7, 11) is 0. The van der Waals surface area contributed by atoms with Gasteiger partial charge in [0.25, 0.3) is 0 Å². The van der Waals surface area contributed by atoms with Crippen LogP contribution in [0.2, 0.25) is 0 Å². The molecule has 0 spiro atoms. The molecule has 0 aliphatic heterocycles. The van der Waals surface area contributed by atoms with E-state index in [9.17, 15) is 0 Å². The van der Waals surface area contributed by atoms with Crippen LogP contribution in [0.4, 0.5) is 0 Å². The number of hydrogen-bond acceptors (Lipinski definition) is 3. The Balaban J connectivity index is -0.00000000900. The second kappa shape index (κ2) is 108. The van der Waals surface area contributed by atoms with E-state index in [2.05, 4.69) is 0 Å². The molecule has 0 N–H and O–H groups in total. The van der Waals surface area contributed by atoms with Crippen molar-refractivity contribution in [2.75, 3.05) is 0 Å². The molecule has 1 radical (unpaired) electrons. The maximum absolute atomic E-state index is 6.25. The molecule has 0 saturated heterocycles. The van der Waals surface area contributed by atoms with Gasteiger partial charge in [-0.1, -0.05) is 0 Å². The number of nitrogens with zero attached hydrogens (tertiary/aromatic N) is 3. The van der Waals surface area contributed by atoms with Crippen LogP contribution in [0.1, 0.15) is 0 Å². The number of hydrogen-bond donors (Lipinski definition) is 0. The zero-order chi connectivity index (χ0) is 6.00. The smallest absolute Gasteiger partial charge is 0.512 e.